The minimum absolute atomic E-state index is 0.158. The molecule has 25 heavy (non-hydrogen) atoms. The fourth-order valence-corrected chi connectivity index (χ4v) is 3.90. The molecule has 3 heterocycles. The van der Waals surface area contributed by atoms with E-state index in [1.807, 2.05) is 24.3 Å². The number of para-hydroxylation sites is 1. The Hall–Kier alpha value is -2.58. The maximum atomic E-state index is 9.39. The first kappa shape index (κ1) is 15.9. The zero-order valence-corrected chi connectivity index (χ0v) is 14.2. The van der Waals surface area contributed by atoms with Gasteiger partial charge in [-0.1, -0.05) is 12.1 Å². The van der Waals surface area contributed by atoms with Gasteiger partial charge < -0.3 is 14.8 Å². The number of rotatable bonds is 4. The minimum Gasteiger partial charge on any atom is -0.496 e. The molecule has 128 valence electrons. The molecule has 2 aliphatic rings. The lowest BCUT2D eigenvalue weighted by atomic mass is 10.0. The number of methoxy groups -OCH3 is 1. The third-order valence-electron chi connectivity index (χ3n) is 5.03. The molecule has 2 saturated heterocycles. The third kappa shape index (κ3) is 3.31. The zero-order chi connectivity index (χ0) is 17.2. The number of benzene rings is 1. The Morgan fingerprint density at radius 1 is 1.16 bits per heavy atom. The summed E-state index contributed by atoms with van der Waals surface area (Å²) in [5, 5.41) is 13.0. The van der Waals surface area contributed by atoms with Gasteiger partial charge in [-0.2, -0.15) is 5.26 Å². The number of hydrogen-bond acceptors (Lipinski definition) is 5. The largest absolute Gasteiger partial charge is 0.496 e. The van der Waals surface area contributed by atoms with Crippen molar-refractivity contribution >= 4 is 0 Å². The van der Waals surface area contributed by atoms with Crippen molar-refractivity contribution in [2.75, 3.05) is 7.11 Å². The minimum atomic E-state index is 0.158. The fourth-order valence-electron chi connectivity index (χ4n) is 3.90. The molecule has 1 N–H and O–H groups in total. The van der Waals surface area contributed by atoms with Gasteiger partial charge >= 0.3 is 0 Å². The van der Waals surface area contributed by atoms with Crippen LogP contribution in [0.1, 0.15) is 31.2 Å². The number of ether oxygens (including phenoxy) is 2. The van der Waals surface area contributed by atoms with Gasteiger partial charge in [0.05, 0.1) is 24.4 Å². The molecule has 0 radical (unpaired) electrons. The number of nitrogens with zero attached hydrogens (tertiary/aromatic N) is 2. The van der Waals surface area contributed by atoms with Gasteiger partial charge in [0, 0.05) is 23.7 Å². The third-order valence-corrected chi connectivity index (χ3v) is 5.03. The number of nitrogens with one attached hydrogen (secondary N) is 1. The van der Waals surface area contributed by atoms with E-state index in [0.29, 0.717) is 29.2 Å². The number of pyridine rings is 1. The Bertz CT molecular complexity index is 803. The molecule has 1 aromatic heterocycles. The molecule has 0 amide bonds. The van der Waals surface area contributed by atoms with E-state index in [2.05, 4.69) is 16.4 Å². The lowest BCUT2D eigenvalue weighted by Crippen LogP contribution is -2.42. The highest BCUT2D eigenvalue weighted by Crippen LogP contribution is 2.32. The molecular weight excluding hydrogens is 314 g/mol. The standard InChI is InChI=1S/C20H21N3O2/c1-24-19-5-3-2-4-17(19)18-8-13(12-21)9-20(23-18)25-16-10-14-6-7-15(11-16)22-14/h2-5,8-9,14-16,22H,6-7,10-11H2,1H3/t14-,15+,16-. The van der Waals surface area contributed by atoms with E-state index in [4.69, 9.17) is 9.47 Å². The molecule has 2 fully saturated rings. The van der Waals surface area contributed by atoms with Gasteiger partial charge in [-0.15, -0.1) is 0 Å². The van der Waals surface area contributed by atoms with Gasteiger partial charge in [0.1, 0.15) is 11.9 Å². The molecule has 5 nitrogen and oxygen atoms in total. The summed E-state index contributed by atoms with van der Waals surface area (Å²) in [5.41, 5.74) is 2.10. The molecular formula is C20H21N3O2. The van der Waals surface area contributed by atoms with Crippen LogP contribution in [0.2, 0.25) is 0 Å². The fraction of sp³-hybridized carbons (Fsp3) is 0.400. The maximum absolute atomic E-state index is 9.39. The average Bonchev–Trinajstić information content (AvgIpc) is 2.99. The Labute approximate surface area is 147 Å². The SMILES string of the molecule is COc1ccccc1-c1cc(C#N)cc(O[C@@H]2C[C@H]3CC[C@@H](C2)N3)n1. The van der Waals surface area contributed by atoms with Crippen LogP contribution in [0, 0.1) is 11.3 Å². The molecule has 2 bridgehead atoms. The van der Waals surface area contributed by atoms with Gasteiger partial charge in [0.25, 0.3) is 0 Å². The number of aromatic nitrogens is 1. The summed E-state index contributed by atoms with van der Waals surface area (Å²) in [5.74, 6) is 1.25. The van der Waals surface area contributed by atoms with Crippen LogP contribution in [0.15, 0.2) is 36.4 Å². The quantitative estimate of drug-likeness (QED) is 0.928. The maximum Gasteiger partial charge on any atom is 0.215 e. The van der Waals surface area contributed by atoms with Crippen molar-refractivity contribution in [3.8, 4) is 29.0 Å². The van der Waals surface area contributed by atoms with Crippen molar-refractivity contribution in [1.29, 1.82) is 5.26 Å². The van der Waals surface area contributed by atoms with E-state index in [0.717, 1.165) is 24.2 Å². The van der Waals surface area contributed by atoms with E-state index in [1.54, 1.807) is 19.2 Å². The molecule has 4 rings (SSSR count). The first-order valence-electron chi connectivity index (χ1n) is 8.73. The Balaban J connectivity index is 1.63. The van der Waals surface area contributed by atoms with E-state index >= 15 is 0 Å². The molecule has 0 saturated carbocycles. The lowest BCUT2D eigenvalue weighted by molar-refractivity contribution is 0.132. The van der Waals surface area contributed by atoms with Gasteiger partial charge in [0.15, 0.2) is 0 Å². The van der Waals surface area contributed by atoms with Crippen LogP contribution < -0.4 is 14.8 Å². The predicted octanol–water partition coefficient (Wildman–Crippen LogP) is 3.29. The smallest absolute Gasteiger partial charge is 0.215 e. The Morgan fingerprint density at radius 2 is 1.92 bits per heavy atom. The second-order valence-electron chi connectivity index (χ2n) is 6.74. The highest BCUT2D eigenvalue weighted by atomic mass is 16.5. The number of fused-ring (bicyclic) bond motifs is 2. The van der Waals surface area contributed by atoms with Crippen molar-refractivity contribution in [3.63, 3.8) is 0 Å². The Morgan fingerprint density at radius 3 is 2.64 bits per heavy atom. The van der Waals surface area contributed by atoms with Crippen molar-refractivity contribution < 1.29 is 9.47 Å². The van der Waals surface area contributed by atoms with Gasteiger partial charge in [-0.3, -0.25) is 0 Å². The predicted molar refractivity (Wildman–Crippen MR) is 94.5 cm³/mol. The van der Waals surface area contributed by atoms with Crippen LogP contribution in [-0.4, -0.2) is 30.3 Å². The molecule has 0 spiro atoms. The highest BCUT2D eigenvalue weighted by molar-refractivity contribution is 5.68. The Kier molecular flexibility index (Phi) is 4.29. The topological polar surface area (TPSA) is 67.2 Å². The average molecular weight is 335 g/mol. The molecule has 1 aromatic carbocycles. The molecule has 3 atom stereocenters. The van der Waals surface area contributed by atoms with Crippen molar-refractivity contribution in [2.45, 2.75) is 43.9 Å². The number of piperidine rings is 1. The summed E-state index contributed by atoms with van der Waals surface area (Å²) >= 11 is 0. The first-order chi connectivity index (χ1) is 12.2. The molecule has 5 heteroatoms. The summed E-state index contributed by atoms with van der Waals surface area (Å²) < 4.78 is 11.6. The van der Waals surface area contributed by atoms with E-state index in [-0.39, 0.29) is 6.10 Å². The van der Waals surface area contributed by atoms with E-state index < -0.39 is 0 Å². The van der Waals surface area contributed by atoms with Crippen LogP contribution in [-0.2, 0) is 0 Å². The second kappa shape index (κ2) is 6.73. The van der Waals surface area contributed by atoms with E-state index in [9.17, 15) is 5.26 Å². The first-order valence-corrected chi connectivity index (χ1v) is 8.73. The summed E-state index contributed by atoms with van der Waals surface area (Å²) in [6, 6.07) is 14.5. The van der Waals surface area contributed by atoms with Crippen molar-refractivity contribution in [1.82, 2.24) is 10.3 Å². The van der Waals surface area contributed by atoms with Crippen LogP contribution in [0.3, 0.4) is 0 Å². The summed E-state index contributed by atoms with van der Waals surface area (Å²) in [6.07, 6.45) is 4.61. The summed E-state index contributed by atoms with van der Waals surface area (Å²) in [7, 11) is 1.63. The zero-order valence-electron chi connectivity index (χ0n) is 14.2. The van der Waals surface area contributed by atoms with E-state index in [1.165, 1.54) is 12.8 Å². The number of nitriles is 1. The lowest BCUT2D eigenvalue weighted by Gasteiger charge is -2.29. The number of hydrogen-bond donors (Lipinski definition) is 1. The van der Waals surface area contributed by atoms with Crippen molar-refractivity contribution in [2.24, 2.45) is 0 Å². The summed E-state index contributed by atoms with van der Waals surface area (Å²) in [4.78, 5) is 4.65. The van der Waals surface area contributed by atoms with Crippen molar-refractivity contribution in [3.05, 3.63) is 42.0 Å². The molecule has 2 aliphatic heterocycles. The monoisotopic (exact) mass is 335 g/mol. The van der Waals surface area contributed by atoms with Crippen LogP contribution in [0.25, 0.3) is 11.3 Å². The van der Waals surface area contributed by atoms with Crippen LogP contribution >= 0.6 is 0 Å². The molecule has 0 aliphatic carbocycles. The van der Waals surface area contributed by atoms with Gasteiger partial charge in [-0.05, 0) is 43.9 Å². The molecule has 0 unspecified atom stereocenters. The van der Waals surface area contributed by atoms with Gasteiger partial charge in [-0.25, -0.2) is 4.98 Å². The highest BCUT2D eigenvalue weighted by Gasteiger charge is 2.34. The molecule has 2 aromatic rings. The second-order valence-corrected chi connectivity index (χ2v) is 6.74. The summed E-state index contributed by atoms with van der Waals surface area (Å²) in [6.45, 7) is 0. The van der Waals surface area contributed by atoms with Gasteiger partial charge in [0.2, 0.25) is 5.88 Å². The van der Waals surface area contributed by atoms with Crippen LogP contribution in [0.4, 0.5) is 0 Å². The normalized spacial score (nSPS) is 24.6. The van der Waals surface area contributed by atoms with Crippen LogP contribution in [0.5, 0.6) is 11.6 Å².